The van der Waals surface area contributed by atoms with Crippen molar-refractivity contribution < 1.29 is 9.53 Å². The fourth-order valence-corrected chi connectivity index (χ4v) is 4.66. The molecule has 0 saturated carbocycles. The summed E-state index contributed by atoms with van der Waals surface area (Å²) >= 11 is 13.4. The first kappa shape index (κ1) is 25.6. The molecule has 4 rings (SSSR count). The molecule has 0 fully saturated rings. The molecule has 1 N–H and O–H groups in total. The molecule has 0 unspecified atom stereocenters. The number of nitriles is 1. The number of nitrogens with zero attached hydrogens (tertiary/aromatic N) is 2. The summed E-state index contributed by atoms with van der Waals surface area (Å²) in [6.45, 7) is 2.02. The van der Waals surface area contributed by atoms with Crippen molar-refractivity contribution in [3.63, 3.8) is 0 Å². The van der Waals surface area contributed by atoms with Crippen molar-refractivity contribution in [2.75, 3.05) is 18.2 Å². The molecule has 36 heavy (non-hydrogen) atoms. The molecular weight excluding hydrogens is 513 g/mol. The van der Waals surface area contributed by atoms with Crippen LogP contribution in [0.4, 0.5) is 5.69 Å². The van der Waals surface area contributed by atoms with Gasteiger partial charge in [0.2, 0.25) is 5.91 Å². The zero-order valence-corrected chi connectivity index (χ0v) is 21.8. The Bertz CT molecular complexity index is 1450. The highest BCUT2D eigenvalue weighted by Crippen LogP contribution is 2.35. The second-order valence-electron chi connectivity index (χ2n) is 7.90. The summed E-state index contributed by atoms with van der Waals surface area (Å²) in [5, 5.41) is 14.4. The van der Waals surface area contributed by atoms with Crippen molar-refractivity contribution in [2.45, 2.75) is 11.9 Å². The van der Waals surface area contributed by atoms with Gasteiger partial charge in [-0.05, 0) is 48.9 Å². The summed E-state index contributed by atoms with van der Waals surface area (Å²) in [6, 6.07) is 24.5. The molecule has 0 aliphatic carbocycles. The maximum Gasteiger partial charge on any atom is 0.234 e. The number of ether oxygens (including phenoxy) is 1. The predicted molar refractivity (Wildman–Crippen MR) is 147 cm³/mol. The number of benzene rings is 3. The summed E-state index contributed by atoms with van der Waals surface area (Å²) in [7, 11) is 1.52. The minimum Gasteiger partial charge on any atom is -0.495 e. The van der Waals surface area contributed by atoms with Crippen LogP contribution in [0.15, 0.2) is 77.8 Å². The summed E-state index contributed by atoms with van der Waals surface area (Å²) < 4.78 is 5.30. The standard InChI is InChI=1S/C28H21Cl2N3O2S/c1-17-3-5-19(6-4-17)24-14-22(18-7-9-20(29)10-8-18)23(15-31)28(33-24)36-16-27(34)32-25-13-21(30)11-12-26(25)35-2/h3-14H,16H2,1-2H3,(H,32,34). The van der Waals surface area contributed by atoms with E-state index in [1.54, 1.807) is 30.3 Å². The zero-order chi connectivity index (χ0) is 25.7. The highest BCUT2D eigenvalue weighted by Gasteiger charge is 2.18. The third-order valence-corrected chi connectivity index (χ3v) is 6.84. The lowest BCUT2D eigenvalue weighted by molar-refractivity contribution is -0.113. The Morgan fingerprint density at radius 2 is 1.67 bits per heavy atom. The number of thioether (sulfide) groups is 1. The molecule has 1 aromatic heterocycles. The number of aryl methyl sites for hydroxylation is 1. The van der Waals surface area contributed by atoms with Gasteiger partial charge in [-0.1, -0.05) is 76.9 Å². The number of pyridine rings is 1. The van der Waals surface area contributed by atoms with E-state index in [0.29, 0.717) is 37.8 Å². The van der Waals surface area contributed by atoms with Gasteiger partial charge < -0.3 is 10.1 Å². The van der Waals surface area contributed by atoms with Gasteiger partial charge in [-0.15, -0.1) is 0 Å². The van der Waals surface area contributed by atoms with E-state index in [-0.39, 0.29) is 11.7 Å². The van der Waals surface area contributed by atoms with Crippen LogP contribution in [0.25, 0.3) is 22.4 Å². The van der Waals surface area contributed by atoms with Crippen LogP contribution in [-0.2, 0) is 4.79 Å². The van der Waals surface area contributed by atoms with Crippen LogP contribution in [0.1, 0.15) is 11.1 Å². The molecule has 1 amide bonds. The fraction of sp³-hybridized carbons (Fsp3) is 0.107. The number of nitrogens with one attached hydrogen (secondary N) is 1. The quantitative estimate of drug-likeness (QED) is 0.247. The number of hydrogen-bond donors (Lipinski definition) is 1. The molecule has 5 nitrogen and oxygen atoms in total. The minimum absolute atomic E-state index is 0.0365. The third-order valence-electron chi connectivity index (χ3n) is 5.38. The lowest BCUT2D eigenvalue weighted by atomic mass is 9.99. The van der Waals surface area contributed by atoms with Crippen molar-refractivity contribution in [1.82, 2.24) is 4.98 Å². The van der Waals surface area contributed by atoms with Gasteiger partial charge >= 0.3 is 0 Å². The fourth-order valence-electron chi connectivity index (χ4n) is 3.56. The van der Waals surface area contributed by atoms with Crippen LogP contribution in [0.3, 0.4) is 0 Å². The molecule has 0 atom stereocenters. The maximum absolute atomic E-state index is 12.8. The van der Waals surface area contributed by atoms with E-state index in [9.17, 15) is 10.1 Å². The van der Waals surface area contributed by atoms with Crippen LogP contribution in [-0.4, -0.2) is 23.8 Å². The van der Waals surface area contributed by atoms with Gasteiger partial charge in [0.15, 0.2) is 0 Å². The highest BCUT2D eigenvalue weighted by molar-refractivity contribution is 8.00. The Kier molecular flexibility index (Phi) is 8.17. The predicted octanol–water partition coefficient (Wildman–Crippen LogP) is 7.64. The molecule has 8 heteroatoms. The van der Waals surface area contributed by atoms with E-state index in [4.69, 9.17) is 32.9 Å². The molecular formula is C28H21Cl2N3O2S. The molecule has 0 radical (unpaired) electrons. The SMILES string of the molecule is COc1ccc(Cl)cc1NC(=O)CSc1nc(-c2ccc(C)cc2)cc(-c2ccc(Cl)cc2)c1C#N. The number of hydrogen-bond acceptors (Lipinski definition) is 5. The van der Waals surface area contributed by atoms with Crippen molar-refractivity contribution >= 4 is 46.6 Å². The van der Waals surface area contributed by atoms with E-state index in [1.807, 2.05) is 49.4 Å². The molecule has 3 aromatic carbocycles. The molecule has 4 aromatic rings. The molecule has 0 saturated heterocycles. The van der Waals surface area contributed by atoms with Gasteiger partial charge in [-0.3, -0.25) is 4.79 Å². The Hall–Kier alpha value is -3.50. The van der Waals surface area contributed by atoms with E-state index >= 15 is 0 Å². The number of rotatable bonds is 7. The molecule has 0 aliphatic heterocycles. The number of halogens is 2. The van der Waals surface area contributed by atoms with E-state index in [0.717, 1.165) is 22.3 Å². The monoisotopic (exact) mass is 533 g/mol. The first-order chi connectivity index (χ1) is 17.4. The Morgan fingerprint density at radius 1 is 1.00 bits per heavy atom. The normalized spacial score (nSPS) is 10.5. The third kappa shape index (κ3) is 6.00. The van der Waals surface area contributed by atoms with Gasteiger partial charge in [-0.2, -0.15) is 5.26 Å². The van der Waals surface area contributed by atoms with Gasteiger partial charge in [0.25, 0.3) is 0 Å². The minimum atomic E-state index is -0.278. The summed E-state index contributed by atoms with van der Waals surface area (Å²) in [5.41, 5.74) is 5.17. The van der Waals surface area contributed by atoms with Gasteiger partial charge in [-0.25, -0.2) is 4.98 Å². The van der Waals surface area contributed by atoms with Gasteiger partial charge in [0, 0.05) is 21.2 Å². The number of amides is 1. The van der Waals surface area contributed by atoms with Gasteiger partial charge in [0.05, 0.1) is 29.8 Å². The van der Waals surface area contributed by atoms with Crippen LogP contribution < -0.4 is 10.1 Å². The van der Waals surface area contributed by atoms with Crippen LogP contribution in [0, 0.1) is 18.3 Å². The molecule has 0 bridgehead atoms. The van der Waals surface area contributed by atoms with E-state index < -0.39 is 0 Å². The molecule has 0 spiro atoms. The van der Waals surface area contributed by atoms with Crippen molar-refractivity contribution in [1.29, 1.82) is 5.26 Å². The zero-order valence-electron chi connectivity index (χ0n) is 19.5. The number of carbonyl (C=O) groups excluding carboxylic acids is 1. The van der Waals surface area contributed by atoms with Crippen molar-refractivity contribution in [3.05, 3.63) is 94.0 Å². The topological polar surface area (TPSA) is 75.0 Å². The van der Waals surface area contributed by atoms with Crippen LogP contribution in [0.2, 0.25) is 10.0 Å². The second-order valence-corrected chi connectivity index (χ2v) is 9.74. The Balaban J connectivity index is 1.69. The summed E-state index contributed by atoms with van der Waals surface area (Å²) in [6.07, 6.45) is 0. The first-order valence-corrected chi connectivity index (χ1v) is 12.7. The smallest absolute Gasteiger partial charge is 0.234 e. The second kappa shape index (κ2) is 11.5. The number of carbonyl (C=O) groups is 1. The lowest BCUT2D eigenvalue weighted by Crippen LogP contribution is -2.15. The average Bonchev–Trinajstić information content (AvgIpc) is 2.88. The molecule has 0 aliphatic rings. The average molecular weight is 534 g/mol. The van der Waals surface area contributed by atoms with E-state index in [1.165, 1.54) is 18.9 Å². The first-order valence-electron chi connectivity index (χ1n) is 10.9. The van der Waals surface area contributed by atoms with E-state index in [2.05, 4.69) is 11.4 Å². The number of aromatic nitrogens is 1. The molecule has 180 valence electrons. The van der Waals surface area contributed by atoms with Crippen LogP contribution in [0.5, 0.6) is 5.75 Å². The maximum atomic E-state index is 12.8. The highest BCUT2D eigenvalue weighted by atomic mass is 35.5. The largest absolute Gasteiger partial charge is 0.495 e. The summed E-state index contributed by atoms with van der Waals surface area (Å²) in [4.78, 5) is 17.6. The van der Waals surface area contributed by atoms with Crippen molar-refractivity contribution in [2.24, 2.45) is 0 Å². The Labute approximate surface area is 224 Å². The summed E-state index contributed by atoms with van der Waals surface area (Å²) in [5.74, 6) is 0.259. The number of methoxy groups -OCH3 is 1. The lowest BCUT2D eigenvalue weighted by Gasteiger charge is -2.13. The van der Waals surface area contributed by atoms with Gasteiger partial charge in [0.1, 0.15) is 16.8 Å². The Morgan fingerprint density at radius 3 is 2.33 bits per heavy atom. The van der Waals surface area contributed by atoms with Crippen LogP contribution >= 0.6 is 35.0 Å². The number of anilines is 1. The van der Waals surface area contributed by atoms with Crippen molar-refractivity contribution in [3.8, 4) is 34.2 Å². The molecule has 1 heterocycles.